The standard InChI is InChI=1S/C24H26ClFN8O/c1-3-23-27-8-11-32(23)18-6-9-31(10-7-18)19-13-24(35)33(28-14-19)15-22-16(2)29-30-34(22)21-5-4-17(25)12-20(21)26/h4-5,8,11-14,18H,3,6-7,9-10,15H2,1-2H3. The number of imidazole rings is 1. The largest absolute Gasteiger partial charge is 0.370 e. The molecule has 1 aromatic carbocycles. The van der Waals surface area contributed by atoms with Gasteiger partial charge < -0.3 is 9.47 Å². The predicted octanol–water partition coefficient (Wildman–Crippen LogP) is 3.57. The third-order valence-corrected chi connectivity index (χ3v) is 6.77. The van der Waals surface area contributed by atoms with Gasteiger partial charge in [0.05, 0.1) is 29.8 Å². The number of hydrogen-bond acceptors (Lipinski definition) is 6. The summed E-state index contributed by atoms with van der Waals surface area (Å²) in [5.41, 5.74) is 1.93. The van der Waals surface area contributed by atoms with Gasteiger partial charge in [-0.15, -0.1) is 5.10 Å². The van der Waals surface area contributed by atoms with Crippen LogP contribution in [0.5, 0.6) is 0 Å². The molecule has 5 rings (SSSR count). The van der Waals surface area contributed by atoms with Crippen molar-refractivity contribution in [3.63, 3.8) is 0 Å². The Kier molecular flexibility index (Phi) is 6.38. The summed E-state index contributed by atoms with van der Waals surface area (Å²) in [7, 11) is 0. The van der Waals surface area contributed by atoms with Crippen LogP contribution in [0.3, 0.4) is 0 Å². The smallest absolute Gasteiger partial charge is 0.269 e. The highest BCUT2D eigenvalue weighted by atomic mass is 35.5. The van der Waals surface area contributed by atoms with Crippen molar-refractivity contribution in [2.45, 2.75) is 45.7 Å². The van der Waals surface area contributed by atoms with Crippen LogP contribution >= 0.6 is 11.6 Å². The van der Waals surface area contributed by atoms with Gasteiger partial charge in [-0.3, -0.25) is 4.79 Å². The molecular weight excluding hydrogens is 471 g/mol. The number of benzene rings is 1. The van der Waals surface area contributed by atoms with Gasteiger partial charge >= 0.3 is 0 Å². The van der Waals surface area contributed by atoms with Crippen molar-refractivity contribution in [1.29, 1.82) is 0 Å². The topological polar surface area (TPSA) is 86.7 Å². The molecule has 3 aromatic heterocycles. The van der Waals surface area contributed by atoms with E-state index >= 15 is 0 Å². The van der Waals surface area contributed by atoms with E-state index < -0.39 is 5.82 Å². The third-order valence-electron chi connectivity index (χ3n) is 6.54. The van der Waals surface area contributed by atoms with Gasteiger partial charge in [0.15, 0.2) is 0 Å². The molecule has 4 heterocycles. The van der Waals surface area contributed by atoms with E-state index in [-0.39, 0.29) is 22.8 Å². The van der Waals surface area contributed by atoms with Gasteiger partial charge in [0.1, 0.15) is 17.3 Å². The van der Waals surface area contributed by atoms with Crippen LogP contribution in [0.25, 0.3) is 5.69 Å². The predicted molar refractivity (Wildman–Crippen MR) is 131 cm³/mol. The maximum absolute atomic E-state index is 14.5. The van der Waals surface area contributed by atoms with Crippen molar-refractivity contribution in [2.24, 2.45) is 0 Å². The van der Waals surface area contributed by atoms with Crippen LogP contribution in [-0.2, 0) is 13.0 Å². The molecule has 0 atom stereocenters. The Hall–Kier alpha value is -3.53. The number of aryl methyl sites for hydroxylation is 2. The van der Waals surface area contributed by atoms with Crippen LogP contribution in [0.4, 0.5) is 10.1 Å². The minimum absolute atomic E-state index is 0.114. The quantitative estimate of drug-likeness (QED) is 0.405. The fraction of sp³-hybridized carbons (Fsp3) is 0.375. The molecule has 1 fully saturated rings. The molecule has 1 aliphatic rings. The first-order valence-electron chi connectivity index (χ1n) is 11.6. The van der Waals surface area contributed by atoms with E-state index in [9.17, 15) is 9.18 Å². The molecule has 0 saturated carbocycles. The van der Waals surface area contributed by atoms with Crippen molar-refractivity contribution >= 4 is 17.3 Å². The molecule has 182 valence electrons. The van der Waals surface area contributed by atoms with Gasteiger partial charge in [-0.2, -0.15) is 5.10 Å². The molecule has 9 nitrogen and oxygen atoms in total. The van der Waals surface area contributed by atoms with Crippen LogP contribution in [0.15, 0.2) is 47.7 Å². The number of halogens is 2. The molecule has 0 radical (unpaired) electrons. The lowest BCUT2D eigenvalue weighted by molar-refractivity contribution is 0.386. The Morgan fingerprint density at radius 3 is 2.71 bits per heavy atom. The van der Waals surface area contributed by atoms with Crippen molar-refractivity contribution in [3.8, 4) is 5.69 Å². The fourth-order valence-corrected chi connectivity index (χ4v) is 4.77. The van der Waals surface area contributed by atoms with Gasteiger partial charge in [0.2, 0.25) is 0 Å². The molecule has 11 heteroatoms. The normalized spacial score (nSPS) is 14.6. The van der Waals surface area contributed by atoms with Gasteiger partial charge in [-0.05, 0) is 38.0 Å². The Balaban J connectivity index is 1.32. The molecule has 4 aromatic rings. The van der Waals surface area contributed by atoms with Crippen molar-refractivity contribution in [1.82, 2.24) is 34.3 Å². The Labute approximate surface area is 206 Å². The second-order valence-corrected chi connectivity index (χ2v) is 9.10. The van der Waals surface area contributed by atoms with Gasteiger partial charge in [0.25, 0.3) is 5.56 Å². The number of anilines is 1. The molecule has 1 saturated heterocycles. The van der Waals surface area contributed by atoms with Gasteiger partial charge in [-0.1, -0.05) is 23.7 Å². The van der Waals surface area contributed by atoms with E-state index in [2.05, 4.69) is 43.0 Å². The van der Waals surface area contributed by atoms with E-state index in [1.54, 1.807) is 25.3 Å². The van der Waals surface area contributed by atoms with Gasteiger partial charge in [-0.25, -0.2) is 18.7 Å². The van der Waals surface area contributed by atoms with E-state index in [0.717, 1.165) is 43.9 Å². The molecular formula is C24H26ClFN8O. The lowest BCUT2D eigenvalue weighted by Gasteiger charge is -2.34. The van der Waals surface area contributed by atoms with Crippen LogP contribution < -0.4 is 10.5 Å². The first-order chi connectivity index (χ1) is 16.9. The Morgan fingerprint density at radius 2 is 2.00 bits per heavy atom. The summed E-state index contributed by atoms with van der Waals surface area (Å²) in [5, 5.41) is 12.8. The summed E-state index contributed by atoms with van der Waals surface area (Å²) in [6, 6.07) is 6.36. The zero-order chi connectivity index (χ0) is 24.5. The Morgan fingerprint density at radius 1 is 1.20 bits per heavy atom. The van der Waals surface area contributed by atoms with E-state index in [0.29, 0.717) is 17.4 Å². The van der Waals surface area contributed by atoms with E-state index in [4.69, 9.17) is 11.6 Å². The number of nitrogens with zero attached hydrogens (tertiary/aromatic N) is 8. The lowest BCUT2D eigenvalue weighted by atomic mass is 10.0. The second kappa shape index (κ2) is 9.61. The molecule has 0 unspecified atom stereocenters. The number of aromatic nitrogens is 7. The molecule has 35 heavy (non-hydrogen) atoms. The molecule has 0 N–H and O–H groups in total. The zero-order valence-corrected chi connectivity index (χ0v) is 20.4. The number of rotatable bonds is 6. The van der Waals surface area contributed by atoms with Gasteiger partial charge in [0, 0.05) is 49.0 Å². The highest BCUT2D eigenvalue weighted by Crippen LogP contribution is 2.27. The SMILES string of the molecule is CCc1nccn1C1CCN(c2cnn(Cc3c(C)nnn3-c3ccc(Cl)cc3F)c(=O)c2)CC1. The second-order valence-electron chi connectivity index (χ2n) is 8.66. The van der Waals surface area contributed by atoms with Crippen LogP contribution in [-0.4, -0.2) is 47.4 Å². The monoisotopic (exact) mass is 496 g/mol. The maximum atomic E-state index is 14.5. The summed E-state index contributed by atoms with van der Waals surface area (Å²) >= 11 is 5.88. The average molecular weight is 497 g/mol. The van der Waals surface area contributed by atoms with Crippen molar-refractivity contribution in [3.05, 3.63) is 81.3 Å². The average Bonchev–Trinajstić information content (AvgIpc) is 3.47. The van der Waals surface area contributed by atoms with Crippen molar-refractivity contribution < 1.29 is 4.39 Å². The molecule has 0 amide bonds. The zero-order valence-electron chi connectivity index (χ0n) is 19.6. The summed E-state index contributed by atoms with van der Waals surface area (Å²) in [6.07, 6.45) is 8.49. The van der Waals surface area contributed by atoms with Crippen LogP contribution in [0, 0.1) is 12.7 Å². The summed E-state index contributed by atoms with van der Waals surface area (Å²) in [6.45, 7) is 5.67. The highest BCUT2D eigenvalue weighted by Gasteiger charge is 2.23. The van der Waals surface area contributed by atoms with Crippen LogP contribution in [0.1, 0.15) is 43.0 Å². The first-order valence-corrected chi connectivity index (χ1v) is 12.0. The number of piperidine rings is 1. The molecule has 0 aliphatic carbocycles. The highest BCUT2D eigenvalue weighted by molar-refractivity contribution is 6.30. The minimum atomic E-state index is -0.524. The lowest BCUT2D eigenvalue weighted by Crippen LogP contribution is -2.36. The van der Waals surface area contributed by atoms with Crippen LogP contribution in [0.2, 0.25) is 5.02 Å². The molecule has 0 spiro atoms. The Bertz CT molecular complexity index is 1400. The minimum Gasteiger partial charge on any atom is -0.370 e. The third kappa shape index (κ3) is 4.58. The fourth-order valence-electron chi connectivity index (χ4n) is 4.61. The summed E-state index contributed by atoms with van der Waals surface area (Å²) in [5.74, 6) is 0.583. The molecule has 0 bridgehead atoms. The maximum Gasteiger partial charge on any atom is 0.269 e. The van der Waals surface area contributed by atoms with E-state index in [1.807, 2.05) is 6.20 Å². The molecule has 1 aliphatic heterocycles. The first kappa shape index (κ1) is 23.2. The van der Waals surface area contributed by atoms with Crippen molar-refractivity contribution in [2.75, 3.05) is 18.0 Å². The summed E-state index contributed by atoms with van der Waals surface area (Å²) < 4.78 is 19.5. The summed E-state index contributed by atoms with van der Waals surface area (Å²) in [4.78, 5) is 19.6. The number of hydrogen-bond donors (Lipinski definition) is 0. The van der Waals surface area contributed by atoms with E-state index in [1.165, 1.54) is 21.5 Å².